The fourth-order valence-corrected chi connectivity index (χ4v) is 3.25. The second-order valence-electron chi connectivity index (χ2n) is 6.46. The van der Waals surface area contributed by atoms with Crippen molar-refractivity contribution < 1.29 is 4.52 Å². The topological polar surface area (TPSA) is 78.6 Å². The Morgan fingerprint density at radius 3 is 2.89 bits per heavy atom. The monoisotopic (exact) mass is 516 g/mol. The number of halogens is 2. The van der Waals surface area contributed by atoms with Crippen molar-refractivity contribution in [2.75, 3.05) is 26.7 Å². The van der Waals surface area contributed by atoms with Crippen LogP contribution in [0.1, 0.15) is 18.7 Å². The summed E-state index contributed by atoms with van der Waals surface area (Å²) in [6.07, 6.45) is 4.11. The van der Waals surface area contributed by atoms with Gasteiger partial charge in [-0.2, -0.15) is 4.98 Å². The Kier molecular flexibility index (Phi) is 9.20. The van der Waals surface area contributed by atoms with Crippen molar-refractivity contribution in [2.24, 2.45) is 4.99 Å². The lowest BCUT2D eigenvalue weighted by molar-refractivity contribution is 0.225. The molecular weight excluding hydrogens is 491 g/mol. The lowest BCUT2D eigenvalue weighted by Gasteiger charge is -2.32. The average molecular weight is 517 g/mol. The van der Waals surface area contributed by atoms with Crippen molar-refractivity contribution in [3.63, 3.8) is 0 Å². The molecule has 1 aliphatic heterocycles. The molecule has 2 heterocycles. The van der Waals surface area contributed by atoms with Crippen molar-refractivity contribution >= 4 is 41.5 Å². The van der Waals surface area contributed by atoms with Gasteiger partial charge >= 0.3 is 0 Å². The Bertz CT molecular complexity index is 788. The molecule has 2 aromatic rings. The molecule has 0 atom stereocenters. The summed E-state index contributed by atoms with van der Waals surface area (Å²) in [6, 6.07) is 7.78. The number of aromatic nitrogens is 2. The molecule has 1 fully saturated rings. The maximum absolute atomic E-state index is 6.01. The van der Waals surface area contributed by atoms with Crippen LogP contribution in [0.4, 0.5) is 0 Å². The van der Waals surface area contributed by atoms with Crippen molar-refractivity contribution in [3.05, 3.63) is 47.8 Å². The molecule has 7 nitrogen and oxygen atoms in total. The number of likely N-dealkylation sites (tertiary alicyclic amines) is 1. The van der Waals surface area contributed by atoms with Gasteiger partial charge in [-0.3, -0.25) is 9.89 Å². The molecule has 2 N–H and O–H groups in total. The summed E-state index contributed by atoms with van der Waals surface area (Å²) in [6.45, 7) is 7.28. The third kappa shape index (κ3) is 6.46. The predicted molar refractivity (Wildman–Crippen MR) is 123 cm³/mol. The molecular formula is C19H26ClIN6O. The highest BCUT2D eigenvalue weighted by Crippen LogP contribution is 2.19. The molecule has 0 radical (unpaired) electrons. The first kappa shape index (κ1) is 22.6. The molecule has 28 heavy (non-hydrogen) atoms. The number of aliphatic imine (C=N–C) groups is 1. The van der Waals surface area contributed by atoms with Crippen LogP contribution in [0.25, 0.3) is 11.4 Å². The quantitative estimate of drug-likeness (QED) is 0.265. The Labute approximate surface area is 187 Å². The highest BCUT2D eigenvalue weighted by atomic mass is 127. The van der Waals surface area contributed by atoms with E-state index < -0.39 is 0 Å². The van der Waals surface area contributed by atoms with Crippen LogP contribution in [0, 0.1) is 0 Å². The van der Waals surface area contributed by atoms with Crippen LogP contribution >= 0.6 is 35.6 Å². The fourth-order valence-electron chi connectivity index (χ4n) is 3.06. The Morgan fingerprint density at radius 1 is 1.43 bits per heavy atom. The number of hydrogen-bond acceptors (Lipinski definition) is 5. The van der Waals surface area contributed by atoms with E-state index in [9.17, 15) is 0 Å². The zero-order chi connectivity index (χ0) is 19.1. The normalized spacial score (nSPS) is 15.7. The molecule has 0 saturated carbocycles. The van der Waals surface area contributed by atoms with Crippen molar-refractivity contribution in [3.8, 4) is 11.4 Å². The molecule has 1 aromatic carbocycles. The number of nitrogens with zero attached hydrogens (tertiary/aromatic N) is 4. The van der Waals surface area contributed by atoms with Crippen LogP contribution in [-0.2, 0) is 6.54 Å². The molecule has 1 aliphatic rings. The highest BCUT2D eigenvalue weighted by molar-refractivity contribution is 14.0. The molecule has 0 aliphatic carbocycles. The summed E-state index contributed by atoms with van der Waals surface area (Å²) in [5.41, 5.74) is 0.825. The molecule has 1 aromatic heterocycles. The van der Waals surface area contributed by atoms with Gasteiger partial charge in [-0.25, -0.2) is 0 Å². The molecule has 0 amide bonds. The first-order valence-electron chi connectivity index (χ1n) is 9.07. The van der Waals surface area contributed by atoms with E-state index in [2.05, 4.69) is 37.2 Å². The van der Waals surface area contributed by atoms with Crippen molar-refractivity contribution in [1.29, 1.82) is 0 Å². The van der Waals surface area contributed by atoms with E-state index in [-0.39, 0.29) is 24.0 Å². The zero-order valence-corrected chi connectivity index (χ0v) is 19.0. The average Bonchev–Trinajstić information content (AvgIpc) is 3.16. The number of guanidine groups is 1. The van der Waals surface area contributed by atoms with Crippen LogP contribution in [-0.4, -0.2) is 53.7 Å². The number of rotatable bonds is 6. The molecule has 3 rings (SSSR count). The minimum absolute atomic E-state index is 0. The summed E-state index contributed by atoms with van der Waals surface area (Å²) >= 11 is 6.01. The van der Waals surface area contributed by atoms with Gasteiger partial charge in [0, 0.05) is 43.3 Å². The summed E-state index contributed by atoms with van der Waals surface area (Å²) in [5.74, 6) is 1.75. The first-order chi connectivity index (χ1) is 13.2. The summed E-state index contributed by atoms with van der Waals surface area (Å²) < 4.78 is 5.32. The smallest absolute Gasteiger partial charge is 0.246 e. The standard InChI is InChI=1S/C19H25ClN6O.HI/c1-3-9-26-10-7-16(8-11-26)23-19(21-2)22-13-17-24-18(25-27-17)14-5-4-6-15(20)12-14;/h3-6,12,16H,1,7-11,13H2,2H3,(H2,21,22,23);1H. The van der Waals surface area contributed by atoms with Gasteiger partial charge in [-0.1, -0.05) is 35.0 Å². The lowest BCUT2D eigenvalue weighted by Crippen LogP contribution is -2.48. The second-order valence-corrected chi connectivity index (χ2v) is 6.89. The molecule has 1 saturated heterocycles. The van der Waals surface area contributed by atoms with E-state index in [0.717, 1.165) is 44.0 Å². The summed E-state index contributed by atoms with van der Waals surface area (Å²) in [4.78, 5) is 11.1. The van der Waals surface area contributed by atoms with Gasteiger partial charge in [0.05, 0.1) is 6.54 Å². The number of benzene rings is 1. The van der Waals surface area contributed by atoms with Crippen LogP contribution in [0.5, 0.6) is 0 Å². The van der Waals surface area contributed by atoms with E-state index in [4.69, 9.17) is 16.1 Å². The van der Waals surface area contributed by atoms with Crippen LogP contribution in [0.15, 0.2) is 46.4 Å². The van der Waals surface area contributed by atoms with Crippen molar-refractivity contribution in [1.82, 2.24) is 25.7 Å². The third-order valence-electron chi connectivity index (χ3n) is 4.50. The van der Waals surface area contributed by atoms with Gasteiger partial charge in [0.2, 0.25) is 11.7 Å². The summed E-state index contributed by atoms with van der Waals surface area (Å²) in [7, 11) is 1.76. The summed E-state index contributed by atoms with van der Waals surface area (Å²) in [5, 5.41) is 11.3. The predicted octanol–water partition coefficient (Wildman–Crippen LogP) is 3.32. The lowest BCUT2D eigenvalue weighted by atomic mass is 10.1. The number of piperidine rings is 1. The SMILES string of the molecule is C=CCN1CCC(NC(=NC)NCc2nc(-c3cccc(Cl)c3)no2)CC1.I. The molecule has 0 spiro atoms. The Hall–Kier alpha value is -1.65. The maximum Gasteiger partial charge on any atom is 0.246 e. The van der Waals surface area contributed by atoms with E-state index in [1.165, 1.54) is 0 Å². The minimum Gasteiger partial charge on any atom is -0.354 e. The van der Waals surface area contributed by atoms with Gasteiger partial charge in [-0.05, 0) is 25.0 Å². The number of hydrogen-bond donors (Lipinski definition) is 2. The highest BCUT2D eigenvalue weighted by Gasteiger charge is 2.19. The van der Waals surface area contributed by atoms with Gasteiger partial charge < -0.3 is 15.2 Å². The van der Waals surface area contributed by atoms with Crippen LogP contribution < -0.4 is 10.6 Å². The van der Waals surface area contributed by atoms with Crippen LogP contribution in [0.2, 0.25) is 5.02 Å². The van der Waals surface area contributed by atoms with E-state index in [1.54, 1.807) is 7.05 Å². The molecule has 9 heteroatoms. The Morgan fingerprint density at radius 2 is 2.21 bits per heavy atom. The van der Waals surface area contributed by atoms with Crippen molar-refractivity contribution in [2.45, 2.75) is 25.4 Å². The van der Waals surface area contributed by atoms with Gasteiger partial charge in [-0.15, -0.1) is 30.6 Å². The van der Waals surface area contributed by atoms with Crippen LogP contribution in [0.3, 0.4) is 0 Å². The largest absolute Gasteiger partial charge is 0.354 e. The molecule has 0 unspecified atom stereocenters. The maximum atomic E-state index is 6.01. The minimum atomic E-state index is 0. The van der Waals surface area contributed by atoms with Gasteiger partial charge in [0.1, 0.15) is 0 Å². The van der Waals surface area contributed by atoms with E-state index in [0.29, 0.717) is 29.3 Å². The fraction of sp³-hybridized carbons (Fsp3) is 0.421. The van der Waals surface area contributed by atoms with E-state index in [1.807, 2.05) is 30.3 Å². The first-order valence-corrected chi connectivity index (χ1v) is 9.44. The Balaban J connectivity index is 0.00000280. The van der Waals surface area contributed by atoms with Gasteiger partial charge in [0.15, 0.2) is 5.96 Å². The second kappa shape index (κ2) is 11.4. The molecule has 0 bridgehead atoms. The molecule has 152 valence electrons. The zero-order valence-electron chi connectivity index (χ0n) is 15.9. The third-order valence-corrected chi connectivity index (χ3v) is 4.73. The number of nitrogens with one attached hydrogen (secondary N) is 2. The van der Waals surface area contributed by atoms with E-state index >= 15 is 0 Å². The van der Waals surface area contributed by atoms with Gasteiger partial charge in [0.25, 0.3) is 0 Å².